The molecule has 0 fully saturated rings. The highest BCUT2D eigenvalue weighted by Crippen LogP contribution is 2.26. The Bertz CT molecular complexity index is 1450. The normalized spacial score (nSPS) is 11.1. The molecule has 0 bridgehead atoms. The first-order valence-electron chi connectivity index (χ1n) is 10.5. The Morgan fingerprint density at radius 3 is 1.97 bits per heavy atom. The minimum Gasteiger partial charge on any atom is -0.340 e. The number of carbonyl (C=O) groups is 1. The fourth-order valence-corrected chi connectivity index (χ4v) is 5.18. The number of benzene rings is 2. The van der Waals surface area contributed by atoms with Crippen molar-refractivity contribution in [2.45, 2.75) is 25.0 Å². The Balaban J connectivity index is 1.43. The lowest BCUT2D eigenvalue weighted by Crippen LogP contribution is -2.11. The van der Waals surface area contributed by atoms with E-state index in [1.807, 2.05) is 31.2 Å². The molecule has 2 heterocycles. The first kappa shape index (κ1) is 24.1. The number of thiazole rings is 1. The van der Waals surface area contributed by atoms with Gasteiger partial charge in [-0.05, 0) is 50.2 Å². The predicted molar refractivity (Wildman–Crippen MR) is 138 cm³/mol. The van der Waals surface area contributed by atoms with Gasteiger partial charge in [0.2, 0.25) is 5.91 Å². The molecule has 0 saturated carbocycles. The van der Waals surface area contributed by atoms with E-state index < -0.39 is 10.0 Å². The largest absolute Gasteiger partial charge is 0.340 e. The minimum atomic E-state index is -3.84. The van der Waals surface area contributed by atoms with Crippen LogP contribution in [0.25, 0.3) is 0 Å². The molecule has 2 aromatic heterocycles. The van der Waals surface area contributed by atoms with E-state index in [0.717, 1.165) is 22.7 Å². The third kappa shape index (κ3) is 6.52. The molecule has 0 aliphatic heterocycles. The summed E-state index contributed by atoms with van der Waals surface area (Å²) in [6, 6.07) is 16.5. The maximum atomic E-state index is 12.6. The van der Waals surface area contributed by atoms with Crippen LogP contribution in [0.2, 0.25) is 0 Å². The lowest BCUT2D eigenvalue weighted by molar-refractivity contribution is -0.114. The summed E-state index contributed by atoms with van der Waals surface area (Å²) in [4.78, 5) is 23.9. The number of amides is 1. The van der Waals surface area contributed by atoms with Crippen molar-refractivity contribution >= 4 is 61.1 Å². The minimum absolute atomic E-state index is 0.00600. The van der Waals surface area contributed by atoms with E-state index in [9.17, 15) is 13.2 Å². The molecule has 0 radical (unpaired) electrons. The number of anilines is 6. The summed E-state index contributed by atoms with van der Waals surface area (Å²) >= 11 is 0.870. The van der Waals surface area contributed by atoms with Gasteiger partial charge in [-0.15, -0.1) is 0 Å². The number of rotatable bonds is 8. The quantitative estimate of drug-likeness (QED) is 0.266. The van der Waals surface area contributed by atoms with E-state index in [-0.39, 0.29) is 15.2 Å². The highest BCUT2D eigenvalue weighted by molar-refractivity contribution is 7.94. The molecule has 0 saturated heterocycles. The number of aryl methyl sites for hydroxylation is 2. The van der Waals surface area contributed by atoms with Gasteiger partial charge >= 0.3 is 0 Å². The molecule has 0 spiro atoms. The Morgan fingerprint density at radius 1 is 0.857 bits per heavy atom. The van der Waals surface area contributed by atoms with Crippen LogP contribution >= 0.6 is 11.3 Å². The number of nitrogens with zero attached hydrogens (tertiary/aromatic N) is 3. The van der Waals surface area contributed by atoms with Gasteiger partial charge in [-0.1, -0.05) is 29.0 Å². The second-order valence-corrected chi connectivity index (χ2v) is 10.6. The van der Waals surface area contributed by atoms with Crippen LogP contribution in [0.1, 0.15) is 18.3 Å². The Morgan fingerprint density at radius 2 is 1.40 bits per heavy atom. The van der Waals surface area contributed by atoms with Crippen molar-refractivity contribution < 1.29 is 13.2 Å². The molecule has 4 rings (SSSR count). The number of hydrogen-bond donors (Lipinski definition) is 4. The monoisotopic (exact) mass is 509 g/mol. The van der Waals surface area contributed by atoms with Crippen LogP contribution in [0, 0.1) is 13.8 Å². The van der Waals surface area contributed by atoms with Crippen LogP contribution in [0.15, 0.2) is 65.0 Å². The van der Waals surface area contributed by atoms with Gasteiger partial charge in [0.05, 0.1) is 6.20 Å². The molecular formula is C23H23N7O3S2. The first-order chi connectivity index (χ1) is 16.7. The van der Waals surface area contributed by atoms with Crippen molar-refractivity contribution in [2.75, 3.05) is 20.7 Å². The molecule has 12 heteroatoms. The van der Waals surface area contributed by atoms with E-state index in [1.165, 1.54) is 18.7 Å². The second kappa shape index (κ2) is 10.1. The summed E-state index contributed by atoms with van der Waals surface area (Å²) in [7, 11) is -3.84. The van der Waals surface area contributed by atoms with Crippen LogP contribution in [0.4, 0.5) is 33.8 Å². The van der Waals surface area contributed by atoms with E-state index in [2.05, 4.69) is 35.6 Å². The van der Waals surface area contributed by atoms with Crippen LogP contribution < -0.4 is 20.7 Å². The topological polar surface area (TPSA) is 138 Å². The molecule has 0 unspecified atom stereocenters. The molecular weight excluding hydrogens is 486 g/mol. The summed E-state index contributed by atoms with van der Waals surface area (Å²) < 4.78 is 27.8. The molecule has 35 heavy (non-hydrogen) atoms. The van der Waals surface area contributed by atoms with Crippen molar-refractivity contribution in [1.82, 2.24) is 15.0 Å². The van der Waals surface area contributed by atoms with E-state index >= 15 is 0 Å². The van der Waals surface area contributed by atoms with Gasteiger partial charge in [-0.2, -0.15) is 0 Å². The molecule has 4 N–H and O–H groups in total. The maximum Gasteiger partial charge on any atom is 0.273 e. The predicted octanol–water partition coefficient (Wildman–Crippen LogP) is 4.80. The average Bonchev–Trinajstić information content (AvgIpc) is 3.25. The van der Waals surface area contributed by atoms with Crippen molar-refractivity contribution in [2.24, 2.45) is 0 Å². The van der Waals surface area contributed by atoms with Crippen molar-refractivity contribution in [1.29, 1.82) is 0 Å². The van der Waals surface area contributed by atoms with Crippen molar-refractivity contribution in [3.8, 4) is 0 Å². The van der Waals surface area contributed by atoms with Crippen LogP contribution in [0.3, 0.4) is 0 Å². The molecule has 2 aromatic carbocycles. The number of hydrogen-bond acceptors (Lipinski definition) is 9. The summed E-state index contributed by atoms with van der Waals surface area (Å²) in [6.45, 7) is 5.16. The lowest BCUT2D eigenvalue weighted by Gasteiger charge is -2.11. The standard InChI is InChI=1S/C23H23N7O3S2/c1-14-4-6-17(7-5-14)28-20-12-21(26-15(2)25-20)29-18-8-10-19(11-9-18)30-35(32,33)22-13-24-23(34-22)27-16(3)31/h4-13,30H,1-3H3,(H,24,27,31)(H2,25,26,28,29). The van der Waals surface area contributed by atoms with Crippen LogP contribution in [0.5, 0.6) is 0 Å². The SMILES string of the molecule is CC(=O)Nc1ncc(S(=O)(=O)Nc2ccc(Nc3cc(Nc4ccc(C)cc4)nc(C)n3)cc2)s1. The summed E-state index contributed by atoms with van der Waals surface area (Å²) in [5.74, 6) is 1.51. The fourth-order valence-electron chi connectivity index (χ4n) is 3.05. The van der Waals surface area contributed by atoms with E-state index in [4.69, 9.17) is 0 Å². The maximum absolute atomic E-state index is 12.6. The van der Waals surface area contributed by atoms with Crippen molar-refractivity contribution in [3.63, 3.8) is 0 Å². The number of carbonyl (C=O) groups excluding carboxylic acids is 1. The Labute approximate surface area is 206 Å². The zero-order valence-corrected chi connectivity index (χ0v) is 20.8. The van der Waals surface area contributed by atoms with E-state index in [1.54, 1.807) is 37.3 Å². The van der Waals surface area contributed by atoms with Gasteiger partial charge in [0.25, 0.3) is 10.0 Å². The molecule has 1 amide bonds. The van der Waals surface area contributed by atoms with Gasteiger partial charge in [0.15, 0.2) is 9.34 Å². The average molecular weight is 510 g/mol. The molecule has 4 aromatic rings. The van der Waals surface area contributed by atoms with Gasteiger partial charge < -0.3 is 16.0 Å². The summed E-state index contributed by atoms with van der Waals surface area (Å²) in [5, 5.41) is 9.16. The number of sulfonamides is 1. The molecule has 0 aliphatic carbocycles. The second-order valence-electron chi connectivity index (χ2n) is 7.65. The highest BCUT2D eigenvalue weighted by atomic mass is 32.2. The van der Waals surface area contributed by atoms with Gasteiger partial charge in [-0.3, -0.25) is 9.52 Å². The smallest absolute Gasteiger partial charge is 0.273 e. The zero-order chi connectivity index (χ0) is 25.0. The third-order valence-electron chi connectivity index (χ3n) is 4.60. The lowest BCUT2D eigenvalue weighted by atomic mass is 10.2. The molecule has 10 nitrogen and oxygen atoms in total. The van der Waals surface area contributed by atoms with Gasteiger partial charge in [0, 0.05) is 30.1 Å². The summed E-state index contributed by atoms with van der Waals surface area (Å²) in [6.07, 6.45) is 1.20. The third-order valence-corrected chi connectivity index (χ3v) is 7.36. The van der Waals surface area contributed by atoms with Crippen molar-refractivity contribution in [3.05, 3.63) is 72.2 Å². The van der Waals surface area contributed by atoms with Gasteiger partial charge in [0.1, 0.15) is 17.5 Å². The molecule has 0 atom stereocenters. The highest BCUT2D eigenvalue weighted by Gasteiger charge is 2.18. The number of aromatic nitrogens is 3. The van der Waals surface area contributed by atoms with Gasteiger partial charge in [-0.25, -0.2) is 23.4 Å². The fraction of sp³-hybridized carbons (Fsp3) is 0.130. The van der Waals surface area contributed by atoms with Crippen LogP contribution in [-0.2, 0) is 14.8 Å². The first-order valence-corrected chi connectivity index (χ1v) is 12.8. The van der Waals surface area contributed by atoms with E-state index in [0.29, 0.717) is 23.1 Å². The Hall–Kier alpha value is -4.03. The van der Waals surface area contributed by atoms with Crippen LogP contribution in [-0.4, -0.2) is 29.3 Å². The summed E-state index contributed by atoms with van der Waals surface area (Å²) in [5.41, 5.74) is 3.19. The molecule has 180 valence electrons. The Kier molecular flexibility index (Phi) is 6.94. The molecule has 0 aliphatic rings. The zero-order valence-electron chi connectivity index (χ0n) is 19.2. The number of nitrogens with one attached hydrogen (secondary N) is 4.